The molecule has 0 radical (unpaired) electrons. The topological polar surface area (TPSA) is 40.1 Å². The zero-order valence-electron chi connectivity index (χ0n) is 9.42. The molecule has 0 aliphatic carbocycles. The average molecular weight is 190 g/mol. The zero-order chi connectivity index (χ0) is 9.94. The maximum atomic E-state index is 9.98. The molecule has 0 aromatic rings. The molecule has 0 unspecified atom stereocenters. The van der Waals surface area contributed by atoms with Gasteiger partial charge in [0.25, 0.3) is 0 Å². The van der Waals surface area contributed by atoms with Gasteiger partial charge in [0.1, 0.15) is 0 Å². The van der Waals surface area contributed by atoms with E-state index >= 15 is 0 Å². The molecule has 0 aromatic heterocycles. The number of carboxylic acid groups (broad SMARTS) is 1. The van der Waals surface area contributed by atoms with Crippen molar-refractivity contribution in [3.05, 3.63) is 12.2 Å². The molecule has 0 fully saturated rings. The Morgan fingerprint density at radius 3 is 2.29 bits per heavy atom. The van der Waals surface area contributed by atoms with Crippen LogP contribution in [0.4, 0.5) is 0 Å². The Labute approximate surface area is 99.0 Å². The molecule has 3 heteroatoms. The van der Waals surface area contributed by atoms with Crippen LogP contribution in [0.2, 0.25) is 0 Å². The molecule has 0 rings (SSSR count). The molecule has 0 aromatic carbocycles. The van der Waals surface area contributed by atoms with E-state index in [9.17, 15) is 9.90 Å². The summed E-state index contributed by atoms with van der Waals surface area (Å²) in [4.78, 5) is 9.98. The van der Waals surface area contributed by atoms with E-state index in [1.807, 2.05) is 0 Å². The molecule has 0 atom stereocenters. The van der Waals surface area contributed by atoms with Gasteiger partial charge < -0.3 is 9.90 Å². The molecule has 14 heavy (non-hydrogen) atoms. The van der Waals surface area contributed by atoms with E-state index in [-0.39, 0.29) is 18.9 Å². The summed E-state index contributed by atoms with van der Waals surface area (Å²) in [5, 5.41) is 9.98. The Morgan fingerprint density at radius 1 is 1.14 bits per heavy atom. The minimum absolute atomic E-state index is 0. The molecule has 0 bridgehead atoms. The Morgan fingerprint density at radius 2 is 1.71 bits per heavy atom. The second kappa shape index (κ2) is 12.8. The molecule has 2 nitrogen and oxygen atoms in total. The standard InChI is InChI=1S/C11H20O2.Li/c1-2-3-4-5-6-7-8-9-10-11(12)13;/h9-10H,2-8H2,1H3,(H,12,13);/q;+1/p-1/b10-9+;. The van der Waals surface area contributed by atoms with Crippen molar-refractivity contribution >= 4 is 5.97 Å². The predicted molar refractivity (Wildman–Crippen MR) is 52.1 cm³/mol. The van der Waals surface area contributed by atoms with Gasteiger partial charge in [-0.3, -0.25) is 0 Å². The maximum Gasteiger partial charge on any atom is 1.00 e. The van der Waals surface area contributed by atoms with Crippen molar-refractivity contribution in [1.29, 1.82) is 0 Å². The molecule has 0 aliphatic rings. The van der Waals surface area contributed by atoms with Crippen LogP contribution in [0.5, 0.6) is 0 Å². The number of carbonyl (C=O) groups excluding carboxylic acids is 1. The second-order valence-electron chi connectivity index (χ2n) is 3.28. The van der Waals surface area contributed by atoms with Gasteiger partial charge in [0.05, 0.1) is 5.97 Å². The van der Waals surface area contributed by atoms with E-state index in [0.29, 0.717) is 0 Å². The normalized spacial score (nSPS) is 10.1. The number of aliphatic carboxylic acids is 1. The van der Waals surface area contributed by atoms with Crippen LogP contribution in [0.25, 0.3) is 0 Å². The minimum atomic E-state index is -1.09. The third kappa shape index (κ3) is 14.3. The Hall–Kier alpha value is -0.193. The van der Waals surface area contributed by atoms with Crippen molar-refractivity contribution in [2.75, 3.05) is 0 Å². The van der Waals surface area contributed by atoms with Crippen LogP contribution in [-0.4, -0.2) is 5.97 Å². The van der Waals surface area contributed by atoms with Gasteiger partial charge in [-0.05, 0) is 18.9 Å². The van der Waals surface area contributed by atoms with Crippen LogP contribution < -0.4 is 24.0 Å². The number of carboxylic acids is 1. The van der Waals surface area contributed by atoms with Crippen LogP contribution in [0, 0.1) is 0 Å². The van der Waals surface area contributed by atoms with Gasteiger partial charge in [0.2, 0.25) is 0 Å². The summed E-state index contributed by atoms with van der Waals surface area (Å²) in [5.41, 5.74) is 0. The minimum Gasteiger partial charge on any atom is -0.545 e. The molecule has 0 aliphatic heterocycles. The van der Waals surface area contributed by atoms with Gasteiger partial charge in [-0.15, -0.1) is 0 Å². The zero-order valence-corrected chi connectivity index (χ0v) is 9.42. The number of unbranched alkanes of at least 4 members (excludes halogenated alkanes) is 6. The Balaban J connectivity index is 0. The first-order chi connectivity index (χ1) is 6.27. The number of hydrogen-bond donors (Lipinski definition) is 0. The summed E-state index contributed by atoms with van der Waals surface area (Å²) in [7, 11) is 0. The molecule has 0 saturated heterocycles. The molecule has 0 amide bonds. The van der Waals surface area contributed by atoms with Gasteiger partial charge in [-0.1, -0.05) is 45.1 Å². The van der Waals surface area contributed by atoms with Crippen molar-refractivity contribution in [3.8, 4) is 0 Å². The van der Waals surface area contributed by atoms with Gasteiger partial charge in [-0.25, -0.2) is 0 Å². The monoisotopic (exact) mass is 190 g/mol. The Bertz CT molecular complexity index is 155. The van der Waals surface area contributed by atoms with Crippen molar-refractivity contribution < 1.29 is 28.8 Å². The van der Waals surface area contributed by atoms with E-state index in [2.05, 4.69) is 6.92 Å². The van der Waals surface area contributed by atoms with Crippen LogP contribution in [-0.2, 0) is 4.79 Å². The van der Waals surface area contributed by atoms with Crippen LogP contribution in [0.1, 0.15) is 51.9 Å². The first-order valence-electron chi connectivity index (χ1n) is 5.15. The molecule has 0 spiro atoms. The maximum absolute atomic E-state index is 9.98. The van der Waals surface area contributed by atoms with Crippen molar-refractivity contribution in [2.45, 2.75) is 51.9 Å². The summed E-state index contributed by atoms with van der Waals surface area (Å²) >= 11 is 0. The fourth-order valence-electron chi connectivity index (χ4n) is 1.22. The van der Waals surface area contributed by atoms with Crippen molar-refractivity contribution in [2.24, 2.45) is 0 Å². The van der Waals surface area contributed by atoms with Crippen LogP contribution in [0.15, 0.2) is 12.2 Å². The Kier molecular flexibility index (Phi) is 14.9. The third-order valence-corrected chi connectivity index (χ3v) is 1.98. The smallest absolute Gasteiger partial charge is 0.545 e. The summed E-state index contributed by atoms with van der Waals surface area (Å²) in [5.74, 6) is -1.09. The van der Waals surface area contributed by atoms with Gasteiger partial charge >= 0.3 is 18.9 Å². The van der Waals surface area contributed by atoms with Crippen LogP contribution >= 0.6 is 0 Å². The third-order valence-electron chi connectivity index (χ3n) is 1.98. The van der Waals surface area contributed by atoms with Gasteiger partial charge in [0.15, 0.2) is 0 Å². The number of hydrogen-bond acceptors (Lipinski definition) is 2. The van der Waals surface area contributed by atoms with Gasteiger partial charge in [-0.2, -0.15) is 0 Å². The fraction of sp³-hybridized carbons (Fsp3) is 0.727. The molecule has 76 valence electrons. The summed E-state index contributed by atoms with van der Waals surface area (Å²) in [6.45, 7) is 2.20. The number of carbonyl (C=O) groups is 1. The van der Waals surface area contributed by atoms with Crippen molar-refractivity contribution in [3.63, 3.8) is 0 Å². The molecule has 0 heterocycles. The molecule has 0 saturated carbocycles. The average Bonchev–Trinajstić information content (AvgIpc) is 2.09. The number of rotatable bonds is 8. The van der Waals surface area contributed by atoms with Gasteiger partial charge in [0, 0.05) is 0 Å². The fourth-order valence-corrected chi connectivity index (χ4v) is 1.22. The summed E-state index contributed by atoms with van der Waals surface area (Å²) in [6.07, 6.45) is 11.1. The second-order valence-corrected chi connectivity index (χ2v) is 3.28. The molecule has 0 N–H and O–H groups in total. The first-order valence-corrected chi connectivity index (χ1v) is 5.15. The van der Waals surface area contributed by atoms with E-state index in [1.54, 1.807) is 6.08 Å². The summed E-state index contributed by atoms with van der Waals surface area (Å²) < 4.78 is 0. The van der Waals surface area contributed by atoms with Crippen LogP contribution in [0.3, 0.4) is 0 Å². The van der Waals surface area contributed by atoms with E-state index < -0.39 is 5.97 Å². The van der Waals surface area contributed by atoms with E-state index in [1.165, 1.54) is 32.1 Å². The van der Waals surface area contributed by atoms with Crippen molar-refractivity contribution in [1.82, 2.24) is 0 Å². The first kappa shape index (κ1) is 16.2. The van der Waals surface area contributed by atoms with E-state index in [4.69, 9.17) is 0 Å². The quantitative estimate of drug-likeness (QED) is 0.281. The summed E-state index contributed by atoms with van der Waals surface area (Å²) in [6, 6.07) is 0. The SMILES string of the molecule is CCCCCCCC/C=C/C(=O)[O-].[Li+]. The predicted octanol–water partition coefficient (Wildman–Crippen LogP) is -0.953. The molecular formula is C11H19LiO2. The number of allylic oxidation sites excluding steroid dienone is 1. The largest absolute Gasteiger partial charge is 1.00 e. The molecular weight excluding hydrogens is 171 g/mol. The van der Waals surface area contributed by atoms with E-state index in [0.717, 1.165) is 18.9 Å².